The summed E-state index contributed by atoms with van der Waals surface area (Å²) in [4.78, 5) is 17.4. The van der Waals surface area contributed by atoms with Crippen molar-refractivity contribution in [1.82, 2.24) is 9.88 Å². The first-order valence-electron chi connectivity index (χ1n) is 6.09. The fourth-order valence-electron chi connectivity index (χ4n) is 1.64. The molecule has 0 spiro atoms. The largest absolute Gasteiger partial charge is 0.487 e. The number of amides is 1. The van der Waals surface area contributed by atoms with Gasteiger partial charge in [0.05, 0.1) is 13.1 Å². The number of nitrogens with zero attached hydrogens (tertiary/aromatic N) is 2. The Morgan fingerprint density at radius 2 is 2.16 bits per heavy atom. The van der Waals surface area contributed by atoms with Crippen molar-refractivity contribution >= 4 is 22.0 Å². The van der Waals surface area contributed by atoms with Crippen LogP contribution in [0.1, 0.15) is 20.8 Å². The summed E-state index contributed by atoms with van der Waals surface area (Å²) >= 11 is 3.28. The smallest absolute Gasteiger partial charge is 0.410 e. The lowest BCUT2D eigenvalue weighted by molar-refractivity contribution is -0.0221. The SMILES string of the molecule is CC(C)(C)OC(=O)N1CC(Oc2ccnc(Br)c2)C1. The highest BCUT2D eigenvalue weighted by Crippen LogP contribution is 2.21. The van der Waals surface area contributed by atoms with Gasteiger partial charge in [-0.05, 0) is 42.8 Å². The third-order valence-corrected chi connectivity index (χ3v) is 2.93. The highest BCUT2D eigenvalue weighted by molar-refractivity contribution is 9.10. The highest BCUT2D eigenvalue weighted by atomic mass is 79.9. The van der Waals surface area contributed by atoms with E-state index in [2.05, 4.69) is 20.9 Å². The van der Waals surface area contributed by atoms with Gasteiger partial charge in [0.25, 0.3) is 0 Å². The van der Waals surface area contributed by atoms with Crippen LogP contribution in [0.4, 0.5) is 4.79 Å². The zero-order chi connectivity index (χ0) is 14.0. The Labute approximate surface area is 121 Å². The van der Waals surface area contributed by atoms with Gasteiger partial charge in [0.2, 0.25) is 0 Å². The van der Waals surface area contributed by atoms with E-state index in [0.717, 1.165) is 10.4 Å². The summed E-state index contributed by atoms with van der Waals surface area (Å²) < 4.78 is 11.7. The molecule has 1 saturated heterocycles. The Morgan fingerprint density at radius 3 is 2.74 bits per heavy atom. The molecule has 19 heavy (non-hydrogen) atoms. The average molecular weight is 329 g/mol. The van der Waals surface area contributed by atoms with E-state index in [4.69, 9.17) is 9.47 Å². The molecule has 1 amide bonds. The van der Waals surface area contributed by atoms with Crippen molar-refractivity contribution < 1.29 is 14.3 Å². The summed E-state index contributed by atoms with van der Waals surface area (Å²) in [5, 5.41) is 0. The molecule has 2 rings (SSSR count). The fraction of sp³-hybridized carbons (Fsp3) is 0.538. The second-order valence-electron chi connectivity index (χ2n) is 5.44. The van der Waals surface area contributed by atoms with Gasteiger partial charge in [-0.15, -0.1) is 0 Å². The van der Waals surface area contributed by atoms with Crippen molar-refractivity contribution in [1.29, 1.82) is 0 Å². The van der Waals surface area contributed by atoms with E-state index in [9.17, 15) is 4.79 Å². The minimum absolute atomic E-state index is 0.0156. The molecule has 0 atom stereocenters. The molecule has 1 aliphatic heterocycles. The van der Waals surface area contributed by atoms with Crippen molar-refractivity contribution in [2.45, 2.75) is 32.5 Å². The van der Waals surface area contributed by atoms with Crippen LogP contribution >= 0.6 is 15.9 Å². The number of aromatic nitrogens is 1. The second-order valence-corrected chi connectivity index (χ2v) is 6.25. The summed E-state index contributed by atoms with van der Waals surface area (Å²) in [5.74, 6) is 0.746. The third kappa shape index (κ3) is 4.09. The average Bonchev–Trinajstić information content (AvgIpc) is 2.20. The van der Waals surface area contributed by atoms with Gasteiger partial charge in [0, 0.05) is 12.3 Å². The van der Waals surface area contributed by atoms with Gasteiger partial charge in [-0.25, -0.2) is 9.78 Å². The van der Waals surface area contributed by atoms with Crippen LogP contribution in [0.3, 0.4) is 0 Å². The number of pyridine rings is 1. The zero-order valence-electron chi connectivity index (χ0n) is 11.2. The molecule has 1 fully saturated rings. The zero-order valence-corrected chi connectivity index (χ0v) is 12.8. The van der Waals surface area contributed by atoms with Crippen LogP contribution < -0.4 is 4.74 Å². The van der Waals surface area contributed by atoms with E-state index in [-0.39, 0.29) is 12.2 Å². The molecule has 5 nitrogen and oxygen atoms in total. The van der Waals surface area contributed by atoms with E-state index >= 15 is 0 Å². The Balaban J connectivity index is 1.79. The van der Waals surface area contributed by atoms with E-state index in [1.165, 1.54) is 0 Å². The standard InChI is InChI=1S/C13H17BrN2O3/c1-13(2,3)19-12(17)16-7-10(8-16)18-9-4-5-15-11(14)6-9/h4-6,10H,7-8H2,1-3H3. The van der Waals surface area contributed by atoms with Gasteiger partial charge in [0.15, 0.2) is 0 Å². The van der Waals surface area contributed by atoms with Crippen molar-refractivity contribution in [2.75, 3.05) is 13.1 Å². The van der Waals surface area contributed by atoms with Crippen LogP contribution in [-0.4, -0.2) is 40.8 Å². The van der Waals surface area contributed by atoms with Crippen LogP contribution in [0.5, 0.6) is 5.75 Å². The van der Waals surface area contributed by atoms with Gasteiger partial charge >= 0.3 is 6.09 Å². The molecular formula is C13H17BrN2O3. The predicted octanol–water partition coefficient (Wildman–Crippen LogP) is 2.84. The molecule has 0 aliphatic carbocycles. The lowest BCUT2D eigenvalue weighted by Crippen LogP contribution is -2.57. The summed E-state index contributed by atoms with van der Waals surface area (Å²) in [6.45, 7) is 6.66. The van der Waals surface area contributed by atoms with Crippen LogP contribution in [0.25, 0.3) is 0 Å². The fourth-order valence-corrected chi connectivity index (χ4v) is 1.98. The van der Waals surface area contributed by atoms with Gasteiger partial charge in [-0.1, -0.05) is 0 Å². The van der Waals surface area contributed by atoms with Gasteiger partial charge in [-0.2, -0.15) is 0 Å². The number of likely N-dealkylation sites (tertiary alicyclic amines) is 1. The monoisotopic (exact) mass is 328 g/mol. The maximum atomic E-state index is 11.7. The predicted molar refractivity (Wildman–Crippen MR) is 74.2 cm³/mol. The second kappa shape index (κ2) is 5.36. The van der Waals surface area contributed by atoms with E-state index in [1.807, 2.05) is 20.8 Å². The maximum absolute atomic E-state index is 11.7. The van der Waals surface area contributed by atoms with Crippen molar-refractivity contribution in [3.63, 3.8) is 0 Å². The molecule has 0 N–H and O–H groups in total. The van der Waals surface area contributed by atoms with Crippen molar-refractivity contribution in [3.8, 4) is 5.75 Å². The van der Waals surface area contributed by atoms with Crippen LogP contribution in [0.2, 0.25) is 0 Å². The molecular weight excluding hydrogens is 312 g/mol. The van der Waals surface area contributed by atoms with E-state index in [0.29, 0.717) is 13.1 Å². The number of carbonyl (C=O) groups is 1. The number of hydrogen-bond donors (Lipinski definition) is 0. The molecule has 0 aromatic carbocycles. The summed E-state index contributed by atoms with van der Waals surface area (Å²) in [6.07, 6.45) is 1.40. The molecule has 0 saturated carbocycles. The first-order chi connectivity index (χ1) is 8.83. The Morgan fingerprint density at radius 1 is 1.47 bits per heavy atom. The molecule has 1 aromatic rings. The molecule has 0 bridgehead atoms. The minimum atomic E-state index is -0.459. The van der Waals surface area contributed by atoms with E-state index < -0.39 is 5.60 Å². The molecule has 2 heterocycles. The minimum Gasteiger partial charge on any atom is -0.487 e. The Bertz CT molecular complexity index is 467. The van der Waals surface area contributed by atoms with E-state index in [1.54, 1.807) is 23.2 Å². The Hall–Kier alpha value is -1.30. The van der Waals surface area contributed by atoms with Crippen LogP contribution in [-0.2, 0) is 4.74 Å². The molecule has 1 aromatic heterocycles. The van der Waals surface area contributed by atoms with Gasteiger partial charge < -0.3 is 14.4 Å². The topological polar surface area (TPSA) is 51.7 Å². The normalized spacial score (nSPS) is 15.9. The summed E-state index contributed by atoms with van der Waals surface area (Å²) in [6, 6.07) is 3.59. The number of rotatable bonds is 2. The van der Waals surface area contributed by atoms with Crippen LogP contribution in [0, 0.1) is 0 Å². The Kier molecular flexibility index (Phi) is 3.99. The summed E-state index contributed by atoms with van der Waals surface area (Å²) in [7, 11) is 0. The number of hydrogen-bond acceptors (Lipinski definition) is 4. The number of halogens is 1. The lowest BCUT2D eigenvalue weighted by Gasteiger charge is -2.39. The highest BCUT2D eigenvalue weighted by Gasteiger charge is 2.35. The lowest BCUT2D eigenvalue weighted by atomic mass is 10.1. The molecule has 104 valence electrons. The first-order valence-corrected chi connectivity index (χ1v) is 6.89. The summed E-state index contributed by atoms with van der Waals surface area (Å²) in [5.41, 5.74) is -0.459. The third-order valence-electron chi connectivity index (χ3n) is 2.50. The first kappa shape index (κ1) is 14.1. The maximum Gasteiger partial charge on any atom is 0.410 e. The quantitative estimate of drug-likeness (QED) is 0.783. The van der Waals surface area contributed by atoms with Gasteiger partial charge in [0.1, 0.15) is 22.1 Å². The van der Waals surface area contributed by atoms with Crippen LogP contribution in [0.15, 0.2) is 22.9 Å². The molecule has 0 unspecified atom stereocenters. The van der Waals surface area contributed by atoms with Gasteiger partial charge in [-0.3, -0.25) is 0 Å². The molecule has 0 radical (unpaired) electrons. The molecule has 1 aliphatic rings. The number of carbonyl (C=O) groups excluding carboxylic acids is 1. The van der Waals surface area contributed by atoms with Crippen molar-refractivity contribution in [2.24, 2.45) is 0 Å². The molecule has 6 heteroatoms. The van der Waals surface area contributed by atoms with Crippen molar-refractivity contribution in [3.05, 3.63) is 22.9 Å². The number of ether oxygens (including phenoxy) is 2.